The van der Waals surface area contributed by atoms with Crippen LogP contribution in [0.1, 0.15) is 33.6 Å². The smallest absolute Gasteiger partial charge is 0.407 e. The van der Waals surface area contributed by atoms with Crippen LogP contribution in [0.4, 0.5) is 9.59 Å². The molecule has 1 atom stereocenters. The molecular formula is C21H34N2O8. The number of carbonyl (C=O) groups excluding carboxylic acids is 4. The molecule has 2 amide bonds. The number of hydrogen-bond donors (Lipinski definition) is 2. The minimum Gasteiger partial charge on any atom is -0.459 e. The van der Waals surface area contributed by atoms with Crippen LogP contribution < -0.4 is 10.6 Å². The number of nitrogens with one attached hydrogen (secondary N) is 2. The van der Waals surface area contributed by atoms with Crippen LogP contribution in [-0.4, -0.2) is 63.6 Å². The molecule has 0 saturated carbocycles. The highest BCUT2D eigenvalue weighted by Gasteiger charge is 2.22. The Morgan fingerprint density at radius 2 is 1.29 bits per heavy atom. The Morgan fingerprint density at radius 3 is 1.77 bits per heavy atom. The third-order valence-corrected chi connectivity index (χ3v) is 3.97. The van der Waals surface area contributed by atoms with Crippen molar-refractivity contribution in [1.29, 1.82) is 0 Å². The normalized spacial score (nSPS) is 11.5. The zero-order valence-corrected chi connectivity index (χ0v) is 18.6. The summed E-state index contributed by atoms with van der Waals surface area (Å²) in [7, 11) is 0. The van der Waals surface area contributed by atoms with Gasteiger partial charge in [0.2, 0.25) is 0 Å². The SMILES string of the molecule is C=CC(=O)OCCOC(=O)NCCC(C)CC(C)(C)CNC(=O)OCCOC(=O)C=C. The van der Waals surface area contributed by atoms with E-state index in [-0.39, 0.29) is 37.8 Å². The lowest BCUT2D eigenvalue weighted by atomic mass is 9.82. The monoisotopic (exact) mass is 442 g/mol. The average Bonchev–Trinajstić information content (AvgIpc) is 2.72. The molecule has 0 heterocycles. The third kappa shape index (κ3) is 16.4. The van der Waals surface area contributed by atoms with Crippen molar-refractivity contribution in [2.24, 2.45) is 11.3 Å². The number of carbonyl (C=O) groups is 4. The lowest BCUT2D eigenvalue weighted by molar-refractivity contribution is -0.139. The summed E-state index contributed by atoms with van der Waals surface area (Å²) in [5, 5.41) is 5.33. The summed E-state index contributed by atoms with van der Waals surface area (Å²) in [6.07, 6.45) is 2.43. The molecule has 0 radical (unpaired) electrons. The summed E-state index contributed by atoms with van der Waals surface area (Å²) in [6, 6.07) is 0. The van der Waals surface area contributed by atoms with Crippen molar-refractivity contribution in [3.8, 4) is 0 Å². The third-order valence-electron chi connectivity index (χ3n) is 3.97. The van der Waals surface area contributed by atoms with Crippen molar-refractivity contribution in [1.82, 2.24) is 10.6 Å². The van der Waals surface area contributed by atoms with E-state index in [9.17, 15) is 19.2 Å². The van der Waals surface area contributed by atoms with Crippen molar-refractivity contribution >= 4 is 24.1 Å². The molecule has 31 heavy (non-hydrogen) atoms. The van der Waals surface area contributed by atoms with Crippen LogP contribution in [0, 0.1) is 11.3 Å². The molecule has 2 N–H and O–H groups in total. The minimum absolute atomic E-state index is 0.0295. The highest BCUT2D eigenvalue weighted by atomic mass is 16.6. The van der Waals surface area contributed by atoms with E-state index in [2.05, 4.69) is 30.7 Å². The number of ether oxygens (including phenoxy) is 4. The van der Waals surface area contributed by atoms with Crippen LogP contribution in [-0.2, 0) is 28.5 Å². The lowest BCUT2D eigenvalue weighted by Crippen LogP contribution is -2.36. The molecule has 0 aromatic carbocycles. The first kappa shape index (κ1) is 28.0. The van der Waals surface area contributed by atoms with Crippen LogP contribution >= 0.6 is 0 Å². The number of amides is 2. The molecule has 0 aliphatic rings. The molecule has 10 heteroatoms. The molecule has 176 valence electrons. The summed E-state index contributed by atoms with van der Waals surface area (Å²) in [6.45, 7) is 13.3. The Bertz CT molecular complexity index is 619. The first-order valence-corrected chi connectivity index (χ1v) is 9.99. The zero-order chi connectivity index (χ0) is 23.7. The van der Waals surface area contributed by atoms with Crippen LogP contribution in [0.25, 0.3) is 0 Å². The minimum atomic E-state index is -0.585. The summed E-state index contributed by atoms with van der Waals surface area (Å²) in [4.78, 5) is 45.0. The molecule has 10 nitrogen and oxygen atoms in total. The topological polar surface area (TPSA) is 129 Å². The molecule has 0 aliphatic heterocycles. The van der Waals surface area contributed by atoms with E-state index in [0.29, 0.717) is 13.1 Å². The standard InChI is InChI=1S/C21H34N2O8/c1-6-17(24)28-10-12-30-19(26)22-9-8-16(3)14-21(4,5)15-23-20(27)31-13-11-29-18(25)7-2/h6-7,16H,1-2,8-15H2,3-5H3,(H,22,26)(H,23,27). The molecule has 0 aromatic rings. The van der Waals surface area contributed by atoms with Gasteiger partial charge in [0.25, 0.3) is 0 Å². The molecule has 0 saturated heterocycles. The quantitative estimate of drug-likeness (QED) is 0.171. The van der Waals surface area contributed by atoms with E-state index in [0.717, 1.165) is 25.0 Å². The predicted octanol–water partition coefficient (Wildman–Crippen LogP) is 2.34. The summed E-state index contributed by atoms with van der Waals surface area (Å²) in [5.74, 6) is -0.867. The number of esters is 2. The van der Waals surface area contributed by atoms with Gasteiger partial charge in [-0.2, -0.15) is 0 Å². The second-order valence-electron chi connectivity index (χ2n) is 7.56. The van der Waals surface area contributed by atoms with Gasteiger partial charge in [-0.1, -0.05) is 33.9 Å². The fourth-order valence-corrected chi connectivity index (χ4v) is 2.62. The van der Waals surface area contributed by atoms with Crippen molar-refractivity contribution in [3.05, 3.63) is 25.3 Å². The molecule has 0 bridgehead atoms. The summed E-state index contributed by atoms with van der Waals surface area (Å²) in [5.41, 5.74) is -0.191. The van der Waals surface area contributed by atoms with Gasteiger partial charge in [0.15, 0.2) is 0 Å². The first-order valence-electron chi connectivity index (χ1n) is 9.99. The van der Waals surface area contributed by atoms with Gasteiger partial charge in [-0.15, -0.1) is 0 Å². The Hall–Kier alpha value is -3.04. The van der Waals surface area contributed by atoms with E-state index in [1.165, 1.54) is 0 Å². The predicted molar refractivity (Wildman–Crippen MR) is 113 cm³/mol. The van der Waals surface area contributed by atoms with Gasteiger partial charge in [0, 0.05) is 25.2 Å². The Labute approximate surface area is 183 Å². The highest BCUT2D eigenvalue weighted by molar-refractivity contribution is 5.81. The van der Waals surface area contributed by atoms with Crippen molar-refractivity contribution in [3.63, 3.8) is 0 Å². The van der Waals surface area contributed by atoms with Gasteiger partial charge in [0.1, 0.15) is 26.4 Å². The van der Waals surface area contributed by atoms with E-state index in [1.807, 2.05) is 13.8 Å². The fraction of sp³-hybridized carbons (Fsp3) is 0.619. The van der Waals surface area contributed by atoms with Crippen molar-refractivity contribution in [2.45, 2.75) is 33.6 Å². The van der Waals surface area contributed by atoms with Crippen LogP contribution in [0.5, 0.6) is 0 Å². The fourth-order valence-electron chi connectivity index (χ4n) is 2.62. The van der Waals surface area contributed by atoms with E-state index >= 15 is 0 Å². The highest BCUT2D eigenvalue weighted by Crippen LogP contribution is 2.26. The van der Waals surface area contributed by atoms with Crippen LogP contribution in [0.3, 0.4) is 0 Å². The Kier molecular flexibility index (Phi) is 14.2. The van der Waals surface area contributed by atoms with Crippen LogP contribution in [0.2, 0.25) is 0 Å². The molecular weight excluding hydrogens is 408 g/mol. The lowest BCUT2D eigenvalue weighted by Gasteiger charge is -2.28. The van der Waals surface area contributed by atoms with E-state index < -0.39 is 24.1 Å². The second kappa shape index (κ2) is 15.8. The number of alkyl carbamates (subject to hydrolysis) is 2. The Morgan fingerprint density at radius 1 is 0.839 bits per heavy atom. The zero-order valence-electron chi connectivity index (χ0n) is 18.6. The summed E-state index contributed by atoms with van der Waals surface area (Å²) < 4.78 is 19.2. The molecule has 0 aliphatic carbocycles. The van der Waals surface area contributed by atoms with Crippen molar-refractivity contribution < 1.29 is 38.1 Å². The molecule has 0 rings (SSSR count). The molecule has 0 fully saturated rings. The average molecular weight is 443 g/mol. The second-order valence-corrected chi connectivity index (χ2v) is 7.56. The van der Waals surface area contributed by atoms with E-state index in [4.69, 9.17) is 18.9 Å². The van der Waals surface area contributed by atoms with Gasteiger partial charge >= 0.3 is 24.1 Å². The largest absolute Gasteiger partial charge is 0.459 e. The van der Waals surface area contributed by atoms with E-state index in [1.54, 1.807) is 0 Å². The van der Waals surface area contributed by atoms with Gasteiger partial charge in [-0.05, 0) is 24.2 Å². The van der Waals surface area contributed by atoms with Crippen molar-refractivity contribution in [2.75, 3.05) is 39.5 Å². The van der Waals surface area contributed by atoms with Gasteiger partial charge in [-0.3, -0.25) is 0 Å². The van der Waals surface area contributed by atoms with Gasteiger partial charge in [0.05, 0.1) is 0 Å². The maximum absolute atomic E-state index is 11.7. The van der Waals surface area contributed by atoms with Crippen LogP contribution in [0.15, 0.2) is 25.3 Å². The van der Waals surface area contributed by atoms with Gasteiger partial charge < -0.3 is 29.6 Å². The molecule has 0 aromatic heterocycles. The summed E-state index contributed by atoms with van der Waals surface area (Å²) >= 11 is 0. The van der Waals surface area contributed by atoms with Gasteiger partial charge in [-0.25, -0.2) is 19.2 Å². The molecule has 0 spiro atoms. The Balaban J connectivity index is 3.92. The number of rotatable bonds is 15. The maximum atomic E-state index is 11.7. The maximum Gasteiger partial charge on any atom is 0.407 e. The number of hydrogen-bond acceptors (Lipinski definition) is 8. The molecule has 1 unspecified atom stereocenters. The first-order chi connectivity index (χ1) is 14.6.